The first-order chi connectivity index (χ1) is 10.8. The summed E-state index contributed by atoms with van der Waals surface area (Å²) in [6.45, 7) is 5.06. The van der Waals surface area contributed by atoms with Crippen LogP contribution in [0.1, 0.15) is 44.3 Å². The quantitative estimate of drug-likeness (QED) is 0.804. The summed E-state index contributed by atoms with van der Waals surface area (Å²) in [6.07, 6.45) is 1.86. The molecule has 0 radical (unpaired) electrons. The van der Waals surface area contributed by atoms with Crippen LogP contribution in [0.4, 0.5) is 4.79 Å². The number of amides is 4. The first-order valence-electron chi connectivity index (χ1n) is 7.81. The van der Waals surface area contributed by atoms with Gasteiger partial charge in [-0.15, -0.1) is 0 Å². The van der Waals surface area contributed by atoms with Crippen LogP contribution < -0.4 is 10.6 Å². The van der Waals surface area contributed by atoms with Crippen LogP contribution in [0.25, 0.3) is 0 Å². The van der Waals surface area contributed by atoms with E-state index in [1.54, 1.807) is 19.9 Å². The summed E-state index contributed by atoms with van der Waals surface area (Å²) in [5.41, 5.74) is -0.860. The predicted octanol–water partition coefficient (Wildman–Crippen LogP) is 1.49. The van der Waals surface area contributed by atoms with Gasteiger partial charge in [-0.1, -0.05) is 0 Å². The van der Waals surface area contributed by atoms with Gasteiger partial charge in [0.05, 0.1) is 6.04 Å². The highest BCUT2D eigenvalue weighted by Crippen LogP contribution is 2.42. The van der Waals surface area contributed by atoms with Gasteiger partial charge in [-0.2, -0.15) is 0 Å². The summed E-state index contributed by atoms with van der Waals surface area (Å²) in [5, 5.41) is 5.47. The summed E-state index contributed by atoms with van der Waals surface area (Å²) >= 11 is 0. The van der Waals surface area contributed by atoms with E-state index in [0.29, 0.717) is 5.76 Å². The van der Waals surface area contributed by atoms with Gasteiger partial charge in [-0.05, 0) is 51.7 Å². The van der Waals surface area contributed by atoms with E-state index < -0.39 is 17.5 Å². The van der Waals surface area contributed by atoms with Gasteiger partial charge in [-0.3, -0.25) is 14.5 Å². The third-order valence-electron chi connectivity index (χ3n) is 4.56. The molecule has 7 heteroatoms. The van der Waals surface area contributed by atoms with Crippen LogP contribution >= 0.6 is 0 Å². The summed E-state index contributed by atoms with van der Waals surface area (Å²) < 4.78 is 5.46. The first kappa shape index (κ1) is 15.6. The van der Waals surface area contributed by atoms with Crippen LogP contribution in [-0.2, 0) is 9.59 Å². The standard InChI is InChI=1S/C16H21N3O4/c1-9-4-7-12(23-9)10(2)17-13(20)8-19-14(21)16(3,11-5-6-11)18-15(19)22/h4,7,10-11H,5-6,8H2,1-3H3,(H,17,20)(H,18,22). The maximum absolute atomic E-state index is 12.5. The number of hydrogen-bond acceptors (Lipinski definition) is 4. The number of carbonyl (C=O) groups excluding carboxylic acids is 3. The Labute approximate surface area is 134 Å². The van der Waals surface area contributed by atoms with E-state index in [1.165, 1.54) is 0 Å². The number of nitrogens with one attached hydrogen (secondary N) is 2. The predicted molar refractivity (Wildman–Crippen MR) is 81.4 cm³/mol. The molecule has 7 nitrogen and oxygen atoms in total. The molecule has 0 bridgehead atoms. The zero-order valence-electron chi connectivity index (χ0n) is 13.5. The second-order valence-electron chi connectivity index (χ2n) is 6.54. The van der Waals surface area contributed by atoms with Crippen molar-refractivity contribution in [3.8, 4) is 0 Å². The minimum absolute atomic E-state index is 0.178. The molecule has 1 aromatic heterocycles. The van der Waals surface area contributed by atoms with Crippen molar-refractivity contribution >= 4 is 17.8 Å². The monoisotopic (exact) mass is 319 g/mol. The molecule has 124 valence electrons. The molecular weight excluding hydrogens is 298 g/mol. The van der Waals surface area contributed by atoms with E-state index >= 15 is 0 Å². The minimum atomic E-state index is -0.860. The SMILES string of the molecule is Cc1ccc(C(C)NC(=O)CN2C(=O)NC(C)(C3CC3)C2=O)o1. The molecule has 0 spiro atoms. The molecule has 0 aromatic carbocycles. The molecule has 2 heterocycles. The van der Waals surface area contributed by atoms with Crippen molar-refractivity contribution < 1.29 is 18.8 Å². The Balaban J connectivity index is 1.61. The van der Waals surface area contributed by atoms with E-state index in [-0.39, 0.29) is 24.4 Å². The Kier molecular flexibility index (Phi) is 3.66. The maximum atomic E-state index is 12.5. The van der Waals surface area contributed by atoms with Gasteiger partial charge in [-0.25, -0.2) is 4.79 Å². The van der Waals surface area contributed by atoms with Crippen molar-refractivity contribution in [2.45, 2.75) is 45.2 Å². The van der Waals surface area contributed by atoms with Crippen LogP contribution in [0.5, 0.6) is 0 Å². The van der Waals surface area contributed by atoms with Gasteiger partial charge in [0.15, 0.2) is 0 Å². The molecule has 23 heavy (non-hydrogen) atoms. The third-order valence-corrected chi connectivity index (χ3v) is 4.56. The molecule has 1 aromatic rings. The lowest BCUT2D eigenvalue weighted by molar-refractivity contribution is -0.135. The molecule has 2 atom stereocenters. The Morgan fingerprint density at radius 2 is 2.17 bits per heavy atom. The topological polar surface area (TPSA) is 91.7 Å². The lowest BCUT2D eigenvalue weighted by Crippen LogP contribution is -2.47. The highest BCUT2D eigenvalue weighted by molar-refractivity contribution is 6.09. The van der Waals surface area contributed by atoms with E-state index in [2.05, 4.69) is 10.6 Å². The molecule has 1 aliphatic carbocycles. The van der Waals surface area contributed by atoms with Crippen molar-refractivity contribution in [1.82, 2.24) is 15.5 Å². The normalized spacial score (nSPS) is 25.4. The average molecular weight is 319 g/mol. The summed E-state index contributed by atoms with van der Waals surface area (Å²) in [4.78, 5) is 37.6. The van der Waals surface area contributed by atoms with Crippen molar-refractivity contribution in [2.24, 2.45) is 5.92 Å². The number of hydrogen-bond donors (Lipinski definition) is 2. The fourth-order valence-corrected chi connectivity index (χ4v) is 2.98. The molecule has 3 rings (SSSR count). The van der Waals surface area contributed by atoms with Crippen molar-refractivity contribution in [3.63, 3.8) is 0 Å². The second-order valence-corrected chi connectivity index (χ2v) is 6.54. The van der Waals surface area contributed by atoms with E-state index in [0.717, 1.165) is 23.5 Å². The number of aryl methyl sites for hydroxylation is 1. The van der Waals surface area contributed by atoms with Crippen LogP contribution in [0.15, 0.2) is 16.5 Å². The first-order valence-corrected chi connectivity index (χ1v) is 7.81. The second kappa shape index (κ2) is 5.40. The third kappa shape index (κ3) is 2.83. The van der Waals surface area contributed by atoms with E-state index in [1.807, 2.05) is 13.0 Å². The summed E-state index contributed by atoms with van der Waals surface area (Å²) in [7, 11) is 0. The minimum Gasteiger partial charge on any atom is -0.464 e. The van der Waals surface area contributed by atoms with Crippen LogP contribution in [0, 0.1) is 12.8 Å². The molecule has 2 unspecified atom stereocenters. The van der Waals surface area contributed by atoms with Gasteiger partial charge in [0.25, 0.3) is 5.91 Å². The molecule has 2 fully saturated rings. The smallest absolute Gasteiger partial charge is 0.325 e. The van der Waals surface area contributed by atoms with Gasteiger partial charge in [0, 0.05) is 0 Å². The van der Waals surface area contributed by atoms with Crippen LogP contribution in [0.2, 0.25) is 0 Å². The Morgan fingerprint density at radius 3 is 2.74 bits per heavy atom. The molecule has 1 saturated carbocycles. The Bertz CT molecular complexity index is 664. The lowest BCUT2D eigenvalue weighted by atomic mass is 9.96. The molecule has 2 aliphatic rings. The van der Waals surface area contributed by atoms with Crippen molar-refractivity contribution in [2.75, 3.05) is 6.54 Å². The lowest BCUT2D eigenvalue weighted by Gasteiger charge is -2.21. The number of nitrogens with zero attached hydrogens (tertiary/aromatic N) is 1. The fourth-order valence-electron chi connectivity index (χ4n) is 2.98. The van der Waals surface area contributed by atoms with Gasteiger partial charge < -0.3 is 15.1 Å². The number of carbonyl (C=O) groups is 3. The number of furan rings is 1. The molecule has 2 N–H and O–H groups in total. The Hall–Kier alpha value is -2.31. The average Bonchev–Trinajstić information content (AvgIpc) is 3.21. The highest BCUT2D eigenvalue weighted by atomic mass is 16.3. The largest absolute Gasteiger partial charge is 0.464 e. The molecular formula is C16H21N3O4. The summed E-state index contributed by atoms with van der Waals surface area (Å²) in [5.74, 6) is 0.861. The van der Waals surface area contributed by atoms with E-state index in [9.17, 15) is 14.4 Å². The molecule has 4 amide bonds. The number of imide groups is 1. The zero-order chi connectivity index (χ0) is 16.8. The fraction of sp³-hybridized carbons (Fsp3) is 0.562. The van der Waals surface area contributed by atoms with Gasteiger partial charge in [0.2, 0.25) is 5.91 Å². The molecule has 1 saturated heterocycles. The van der Waals surface area contributed by atoms with Crippen molar-refractivity contribution in [1.29, 1.82) is 0 Å². The zero-order valence-corrected chi connectivity index (χ0v) is 13.5. The number of urea groups is 1. The van der Waals surface area contributed by atoms with Gasteiger partial charge >= 0.3 is 6.03 Å². The van der Waals surface area contributed by atoms with Crippen LogP contribution in [0.3, 0.4) is 0 Å². The summed E-state index contributed by atoms with van der Waals surface area (Å²) in [6, 6.07) is 2.78. The van der Waals surface area contributed by atoms with E-state index in [4.69, 9.17) is 4.42 Å². The maximum Gasteiger partial charge on any atom is 0.325 e. The molecule has 1 aliphatic heterocycles. The number of rotatable bonds is 5. The Morgan fingerprint density at radius 1 is 1.48 bits per heavy atom. The highest BCUT2D eigenvalue weighted by Gasteiger charge is 2.56. The van der Waals surface area contributed by atoms with Crippen LogP contribution in [-0.4, -0.2) is 34.8 Å². The van der Waals surface area contributed by atoms with Gasteiger partial charge in [0.1, 0.15) is 23.6 Å². The van der Waals surface area contributed by atoms with Crippen molar-refractivity contribution in [3.05, 3.63) is 23.7 Å².